The van der Waals surface area contributed by atoms with Crippen LogP contribution in [-0.4, -0.2) is 96.7 Å². The Balaban J connectivity index is 5.10. The Kier molecular flexibility index (Phi) is 65.9. The van der Waals surface area contributed by atoms with E-state index in [1.165, 1.54) is 205 Å². The van der Waals surface area contributed by atoms with E-state index < -0.39 is 97.5 Å². The van der Waals surface area contributed by atoms with Gasteiger partial charge >= 0.3 is 39.5 Å². The van der Waals surface area contributed by atoms with Crippen LogP contribution in [0, 0.1) is 5.92 Å². The second kappa shape index (κ2) is 67.3. The molecular formula is C74H144O17P2. The fourth-order valence-corrected chi connectivity index (χ4v) is 12.9. The normalized spacial score (nSPS) is 14.0. The van der Waals surface area contributed by atoms with Crippen LogP contribution < -0.4 is 0 Å². The Labute approximate surface area is 568 Å². The number of phosphoric acid groups is 2. The molecule has 0 aromatic carbocycles. The highest BCUT2D eigenvalue weighted by molar-refractivity contribution is 7.47. The van der Waals surface area contributed by atoms with Crippen molar-refractivity contribution in [2.45, 2.75) is 406 Å². The van der Waals surface area contributed by atoms with Gasteiger partial charge in [0.25, 0.3) is 0 Å². The molecule has 0 saturated carbocycles. The molecule has 17 nitrogen and oxygen atoms in total. The van der Waals surface area contributed by atoms with Gasteiger partial charge in [0.15, 0.2) is 12.2 Å². The number of hydrogen-bond donors (Lipinski definition) is 3. The minimum absolute atomic E-state index is 0.105. The first kappa shape index (κ1) is 91.1. The van der Waals surface area contributed by atoms with Gasteiger partial charge in [-0.15, -0.1) is 0 Å². The minimum Gasteiger partial charge on any atom is -0.462 e. The molecule has 0 radical (unpaired) electrons. The summed E-state index contributed by atoms with van der Waals surface area (Å²) in [6.45, 7) is 7.20. The van der Waals surface area contributed by atoms with Crippen molar-refractivity contribution in [2.24, 2.45) is 5.92 Å². The molecule has 0 saturated heterocycles. The van der Waals surface area contributed by atoms with E-state index in [1.54, 1.807) is 0 Å². The Morgan fingerprint density at radius 1 is 0.290 bits per heavy atom. The zero-order valence-electron chi connectivity index (χ0n) is 60.4. The Bertz CT molecular complexity index is 1790. The van der Waals surface area contributed by atoms with Crippen molar-refractivity contribution in [1.29, 1.82) is 0 Å². The van der Waals surface area contributed by atoms with Gasteiger partial charge < -0.3 is 33.8 Å². The van der Waals surface area contributed by atoms with Crippen molar-refractivity contribution in [1.82, 2.24) is 0 Å². The van der Waals surface area contributed by atoms with Crippen LogP contribution in [0.15, 0.2) is 0 Å². The first-order valence-corrected chi connectivity index (χ1v) is 41.6. The van der Waals surface area contributed by atoms with Crippen LogP contribution >= 0.6 is 15.6 Å². The molecule has 552 valence electrons. The number of ether oxygens (including phenoxy) is 4. The van der Waals surface area contributed by atoms with Gasteiger partial charge in [0, 0.05) is 25.7 Å². The van der Waals surface area contributed by atoms with Crippen molar-refractivity contribution in [3.63, 3.8) is 0 Å². The molecule has 19 heteroatoms. The molecule has 2 unspecified atom stereocenters. The lowest BCUT2D eigenvalue weighted by molar-refractivity contribution is -0.161. The third kappa shape index (κ3) is 68.4. The van der Waals surface area contributed by atoms with Crippen molar-refractivity contribution < 1.29 is 80.2 Å². The monoisotopic (exact) mass is 1370 g/mol. The summed E-state index contributed by atoms with van der Waals surface area (Å²) in [5.41, 5.74) is 0. The van der Waals surface area contributed by atoms with Gasteiger partial charge in [-0.25, -0.2) is 9.13 Å². The van der Waals surface area contributed by atoms with E-state index >= 15 is 0 Å². The van der Waals surface area contributed by atoms with Gasteiger partial charge in [-0.2, -0.15) is 0 Å². The molecule has 0 aromatic heterocycles. The molecule has 93 heavy (non-hydrogen) atoms. The van der Waals surface area contributed by atoms with Crippen LogP contribution in [0.2, 0.25) is 0 Å². The number of esters is 4. The van der Waals surface area contributed by atoms with E-state index in [9.17, 15) is 43.2 Å². The summed E-state index contributed by atoms with van der Waals surface area (Å²) >= 11 is 0. The predicted octanol–water partition coefficient (Wildman–Crippen LogP) is 21.7. The van der Waals surface area contributed by atoms with Crippen molar-refractivity contribution >= 4 is 39.5 Å². The largest absolute Gasteiger partial charge is 0.472 e. The first-order chi connectivity index (χ1) is 45.0. The lowest BCUT2D eigenvalue weighted by Gasteiger charge is -2.21. The third-order valence-electron chi connectivity index (χ3n) is 17.3. The lowest BCUT2D eigenvalue weighted by Crippen LogP contribution is -2.30. The summed E-state index contributed by atoms with van der Waals surface area (Å²) in [6.07, 6.45) is 56.1. The molecule has 3 N–H and O–H groups in total. The average Bonchev–Trinajstić information content (AvgIpc) is 1.85. The van der Waals surface area contributed by atoms with E-state index in [-0.39, 0.29) is 25.7 Å². The van der Waals surface area contributed by atoms with Crippen LogP contribution in [0.3, 0.4) is 0 Å². The van der Waals surface area contributed by atoms with Crippen LogP contribution in [-0.2, 0) is 65.4 Å². The van der Waals surface area contributed by atoms with Gasteiger partial charge in [0.1, 0.15) is 19.3 Å². The fourth-order valence-electron chi connectivity index (χ4n) is 11.4. The lowest BCUT2D eigenvalue weighted by atomic mass is 10.0. The zero-order valence-corrected chi connectivity index (χ0v) is 62.2. The maximum absolute atomic E-state index is 13.1. The van der Waals surface area contributed by atoms with Gasteiger partial charge in [-0.1, -0.05) is 336 Å². The Hall–Kier alpha value is -1.94. The molecule has 0 bridgehead atoms. The van der Waals surface area contributed by atoms with Crippen molar-refractivity contribution in [2.75, 3.05) is 39.6 Å². The summed E-state index contributed by atoms with van der Waals surface area (Å²) < 4.78 is 68.1. The standard InChI is InChI=1S/C74H144O17P2/c1-6-9-12-15-17-19-20-21-22-23-24-25-26-31-34-37-41-45-50-55-60-74(79)91-70(64-85-72(77)58-53-48-43-40-36-33-30-28-27-29-32-35-39-42-47-51-56-67(4)5)66-89-93(82,83)87-62-68(75)61-86-92(80,81)88-65-69(63-84-71(76)57-52-46-14-11-8-3)90-73(78)59-54-49-44-38-18-16-13-10-7-2/h67-70,75H,6-66H2,1-5H3,(H,80,81)(H,82,83)/t68-,69+,70+/m0/s1. The molecule has 0 aliphatic heterocycles. The molecule has 0 aliphatic carbocycles. The maximum Gasteiger partial charge on any atom is 0.472 e. The highest BCUT2D eigenvalue weighted by Crippen LogP contribution is 2.45. The molecule has 0 heterocycles. The topological polar surface area (TPSA) is 237 Å². The van der Waals surface area contributed by atoms with Crippen molar-refractivity contribution in [3.05, 3.63) is 0 Å². The fraction of sp³-hybridized carbons (Fsp3) is 0.946. The van der Waals surface area contributed by atoms with Crippen LogP contribution in [0.4, 0.5) is 0 Å². The minimum atomic E-state index is -4.95. The van der Waals surface area contributed by atoms with Gasteiger partial charge in [-0.3, -0.25) is 37.3 Å². The van der Waals surface area contributed by atoms with Gasteiger partial charge in [0.2, 0.25) is 0 Å². The highest BCUT2D eigenvalue weighted by atomic mass is 31.2. The van der Waals surface area contributed by atoms with Gasteiger partial charge in [0.05, 0.1) is 26.4 Å². The number of carbonyl (C=O) groups excluding carboxylic acids is 4. The summed E-state index contributed by atoms with van der Waals surface area (Å²) in [5, 5.41) is 10.6. The Morgan fingerprint density at radius 2 is 0.495 bits per heavy atom. The molecule has 0 aromatic rings. The number of rotatable bonds is 74. The number of unbranched alkanes of at least 4 members (excludes halogenated alkanes) is 46. The molecule has 0 rings (SSSR count). The van der Waals surface area contributed by atoms with E-state index in [2.05, 4.69) is 34.6 Å². The Morgan fingerprint density at radius 3 is 0.731 bits per heavy atom. The quantitative estimate of drug-likeness (QED) is 0.0222. The molecule has 5 atom stereocenters. The van der Waals surface area contributed by atoms with E-state index in [4.69, 9.17) is 37.0 Å². The molecular weight excluding hydrogens is 1220 g/mol. The average molecular weight is 1370 g/mol. The maximum atomic E-state index is 13.1. The second-order valence-electron chi connectivity index (χ2n) is 27.2. The zero-order chi connectivity index (χ0) is 68.4. The van der Waals surface area contributed by atoms with E-state index in [0.29, 0.717) is 25.7 Å². The first-order valence-electron chi connectivity index (χ1n) is 38.6. The van der Waals surface area contributed by atoms with Crippen LogP contribution in [0.25, 0.3) is 0 Å². The van der Waals surface area contributed by atoms with Gasteiger partial charge in [-0.05, 0) is 31.6 Å². The summed E-state index contributed by atoms with van der Waals surface area (Å²) in [5.74, 6) is -1.32. The van der Waals surface area contributed by atoms with Crippen LogP contribution in [0.5, 0.6) is 0 Å². The number of hydrogen-bond acceptors (Lipinski definition) is 15. The van der Waals surface area contributed by atoms with Crippen LogP contribution in [0.1, 0.15) is 388 Å². The van der Waals surface area contributed by atoms with E-state index in [0.717, 1.165) is 102 Å². The second-order valence-corrected chi connectivity index (χ2v) is 30.1. The predicted molar refractivity (Wildman–Crippen MR) is 377 cm³/mol. The summed E-state index contributed by atoms with van der Waals surface area (Å²) in [6, 6.07) is 0. The summed E-state index contributed by atoms with van der Waals surface area (Å²) in [4.78, 5) is 72.3. The summed E-state index contributed by atoms with van der Waals surface area (Å²) in [7, 11) is -9.89. The number of aliphatic hydroxyl groups excluding tert-OH is 1. The van der Waals surface area contributed by atoms with Crippen molar-refractivity contribution in [3.8, 4) is 0 Å². The number of phosphoric ester groups is 2. The molecule has 0 spiro atoms. The molecule has 0 fully saturated rings. The number of aliphatic hydroxyl groups is 1. The molecule has 0 amide bonds. The highest BCUT2D eigenvalue weighted by Gasteiger charge is 2.30. The smallest absolute Gasteiger partial charge is 0.462 e. The number of carbonyl (C=O) groups is 4. The third-order valence-corrected chi connectivity index (χ3v) is 19.2. The van der Waals surface area contributed by atoms with E-state index in [1.807, 2.05) is 0 Å². The SMILES string of the molecule is CCCCCCCCCCCCCCCCCCCCCCC(=O)O[C@H](COC(=O)CCCCCCCCCCCCCCCCCCC(C)C)COP(=O)(O)OC[C@@H](O)COP(=O)(O)OC[C@@H](COC(=O)CCCCCCC)OC(=O)CCCCCCCCCCC. The molecule has 0 aliphatic rings.